The van der Waals surface area contributed by atoms with E-state index in [-0.39, 0.29) is 17.4 Å². The summed E-state index contributed by atoms with van der Waals surface area (Å²) in [4.78, 5) is 11.6. The van der Waals surface area contributed by atoms with Gasteiger partial charge >= 0.3 is 0 Å². The zero-order chi connectivity index (χ0) is 14.6. The molecule has 1 heterocycles. The molecule has 1 aliphatic rings. The number of ether oxygens (including phenoxy) is 1. The van der Waals surface area contributed by atoms with Crippen LogP contribution in [0.3, 0.4) is 0 Å². The SMILES string of the molecule is COCC(=O)Nc1cccc(S(=O)(=O)N2CCCC2)c1. The van der Waals surface area contributed by atoms with Crippen LogP contribution in [0, 0.1) is 0 Å². The van der Waals surface area contributed by atoms with E-state index in [1.807, 2.05) is 0 Å². The summed E-state index contributed by atoms with van der Waals surface area (Å²) >= 11 is 0. The molecule has 0 spiro atoms. The molecular weight excluding hydrogens is 280 g/mol. The maximum Gasteiger partial charge on any atom is 0.250 e. The van der Waals surface area contributed by atoms with Gasteiger partial charge in [0.1, 0.15) is 6.61 Å². The Kier molecular flexibility index (Phi) is 4.74. The molecule has 1 fully saturated rings. The van der Waals surface area contributed by atoms with Gasteiger partial charge in [-0.3, -0.25) is 4.79 Å². The summed E-state index contributed by atoms with van der Waals surface area (Å²) in [6.45, 7) is 1.05. The van der Waals surface area contributed by atoms with Crippen LogP contribution in [0.4, 0.5) is 5.69 Å². The number of hydrogen-bond acceptors (Lipinski definition) is 4. The fraction of sp³-hybridized carbons (Fsp3) is 0.462. The van der Waals surface area contributed by atoms with Crippen molar-refractivity contribution in [3.63, 3.8) is 0 Å². The van der Waals surface area contributed by atoms with Crippen molar-refractivity contribution in [2.24, 2.45) is 0 Å². The third kappa shape index (κ3) is 3.36. The van der Waals surface area contributed by atoms with Crippen LogP contribution in [0.25, 0.3) is 0 Å². The third-order valence-electron chi connectivity index (χ3n) is 3.10. The fourth-order valence-corrected chi connectivity index (χ4v) is 3.70. The lowest BCUT2D eigenvalue weighted by atomic mass is 10.3. The molecule has 0 radical (unpaired) electrons. The maximum atomic E-state index is 12.4. The number of nitrogens with zero attached hydrogens (tertiary/aromatic N) is 1. The van der Waals surface area contributed by atoms with Crippen LogP contribution in [0.5, 0.6) is 0 Å². The summed E-state index contributed by atoms with van der Waals surface area (Å²) in [7, 11) is -2.03. The second kappa shape index (κ2) is 6.34. The molecule has 0 aliphatic carbocycles. The first-order valence-electron chi connectivity index (χ1n) is 6.43. The normalized spacial score (nSPS) is 16.2. The van der Waals surface area contributed by atoms with Gasteiger partial charge < -0.3 is 10.1 Å². The van der Waals surface area contributed by atoms with E-state index in [9.17, 15) is 13.2 Å². The number of benzene rings is 1. The molecule has 1 aromatic rings. The quantitative estimate of drug-likeness (QED) is 0.882. The van der Waals surface area contributed by atoms with Crippen molar-refractivity contribution in [2.75, 3.05) is 32.1 Å². The minimum atomic E-state index is -3.46. The molecule has 0 atom stereocenters. The molecule has 2 rings (SSSR count). The summed E-state index contributed by atoms with van der Waals surface area (Å²) in [6, 6.07) is 6.28. The van der Waals surface area contributed by atoms with E-state index < -0.39 is 10.0 Å². The summed E-state index contributed by atoms with van der Waals surface area (Å²) in [5, 5.41) is 2.60. The van der Waals surface area contributed by atoms with E-state index in [0.29, 0.717) is 18.8 Å². The van der Waals surface area contributed by atoms with E-state index in [0.717, 1.165) is 12.8 Å². The van der Waals surface area contributed by atoms with Crippen molar-refractivity contribution < 1.29 is 17.9 Å². The minimum Gasteiger partial charge on any atom is -0.375 e. The van der Waals surface area contributed by atoms with E-state index in [4.69, 9.17) is 4.74 Å². The molecule has 0 aromatic heterocycles. The summed E-state index contributed by atoms with van der Waals surface area (Å²) in [5.41, 5.74) is 0.451. The summed E-state index contributed by atoms with van der Waals surface area (Å²) in [6.07, 6.45) is 1.78. The van der Waals surface area contributed by atoms with Crippen molar-refractivity contribution in [1.29, 1.82) is 0 Å². The first-order chi connectivity index (χ1) is 9.54. The number of anilines is 1. The molecule has 6 nitrogen and oxygen atoms in total. The summed E-state index contributed by atoms with van der Waals surface area (Å²) in [5.74, 6) is -0.316. The summed E-state index contributed by atoms with van der Waals surface area (Å²) < 4.78 is 31.0. The fourth-order valence-electron chi connectivity index (χ4n) is 2.14. The zero-order valence-electron chi connectivity index (χ0n) is 11.3. The minimum absolute atomic E-state index is 0.0664. The Morgan fingerprint density at radius 1 is 1.35 bits per heavy atom. The number of amides is 1. The van der Waals surface area contributed by atoms with Crippen molar-refractivity contribution >= 4 is 21.6 Å². The van der Waals surface area contributed by atoms with Gasteiger partial charge in [0, 0.05) is 25.9 Å². The molecule has 1 aliphatic heterocycles. The van der Waals surface area contributed by atoms with Gasteiger partial charge in [-0.25, -0.2) is 8.42 Å². The van der Waals surface area contributed by atoms with Gasteiger partial charge in [0.2, 0.25) is 15.9 Å². The molecule has 110 valence electrons. The predicted molar refractivity (Wildman–Crippen MR) is 74.9 cm³/mol. The van der Waals surface area contributed by atoms with Gasteiger partial charge in [-0.05, 0) is 31.0 Å². The van der Waals surface area contributed by atoms with Crippen molar-refractivity contribution in [2.45, 2.75) is 17.7 Å². The molecule has 1 amide bonds. The molecule has 1 aromatic carbocycles. The monoisotopic (exact) mass is 298 g/mol. The number of rotatable bonds is 5. The Bertz CT molecular complexity index is 580. The molecule has 7 heteroatoms. The van der Waals surface area contributed by atoms with E-state index in [1.165, 1.54) is 17.5 Å². The van der Waals surface area contributed by atoms with E-state index in [2.05, 4.69) is 5.32 Å². The smallest absolute Gasteiger partial charge is 0.250 e. The van der Waals surface area contributed by atoms with E-state index in [1.54, 1.807) is 18.2 Å². The second-order valence-corrected chi connectivity index (χ2v) is 6.56. The Labute approximate surface area is 118 Å². The van der Waals surface area contributed by atoms with Crippen LogP contribution in [-0.2, 0) is 19.6 Å². The van der Waals surface area contributed by atoms with Gasteiger partial charge in [0.05, 0.1) is 4.90 Å². The second-order valence-electron chi connectivity index (χ2n) is 4.62. The first kappa shape index (κ1) is 15.0. The van der Waals surface area contributed by atoms with Crippen LogP contribution in [-0.4, -0.2) is 45.4 Å². The lowest BCUT2D eigenvalue weighted by Gasteiger charge is -2.16. The molecule has 20 heavy (non-hydrogen) atoms. The highest BCUT2D eigenvalue weighted by Gasteiger charge is 2.27. The zero-order valence-corrected chi connectivity index (χ0v) is 12.1. The van der Waals surface area contributed by atoms with Gasteiger partial charge in [-0.1, -0.05) is 6.07 Å². The highest BCUT2D eigenvalue weighted by Crippen LogP contribution is 2.23. The number of methoxy groups -OCH3 is 1. The number of carbonyl (C=O) groups is 1. The van der Waals surface area contributed by atoms with Gasteiger partial charge in [0.15, 0.2) is 0 Å². The van der Waals surface area contributed by atoms with Crippen molar-refractivity contribution in [3.8, 4) is 0 Å². The Balaban J connectivity index is 2.18. The standard InChI is InChI=1S/C13H18N2O4S/c1-19-10-13(16)14-11-5-4-6-12(9-11)20(17,18)15-7-2-3-8-15/h4-6,9H,2-3,7-8,10H2,1H3,(H,14,16). The maximum absolute atomic E-state index is 12.4. The molecule has 0 unspecified atom stereocenters. The van der Waals surface area contributed by atoms with Gasteiger partial charge in [0.25, 0.3) is 0 Å². The molecule has 1 N–H and O–H groups in total. The number of sulfonamides is 1. The lowest BCUT2D eigenvalue weighted by molar-refractivity contribution is -0.119. The molecule has 1 saturated heterocycles. The van der Waals surface area contributed by atoms with Crippen LogP contribution in [0.1, 0.15) is 12.8 Å². The highest BCUT2D eigenvalue weighted by molar-refractivity contribution is 7.89. The Morgan fingerprint density at radius 3 is 2.70 bits per heavy atom. The van der Waals surface area contributed by atoms with Crippen molar-refractivity contribution in [3.05, 3.63) is 24.3 Å². The van der Waals surface area contributed by atoms with Gasteiger partial charge in [-0.2, -0.15) is 4.31 Å². The first-order valence-corrected chi connectivity index (χ1v) is 7.87. The average Bonchev–Trinajstić information content (AvgIpc) is 2.94. The van der Waals surface area contributed by atoms with Crippen LogP contribution in [0.15, 0.2) is 29.2 Å². The molecule has 0 saturated carbocycles. The highest BCUT2D eigenvalue weighted by atomic mass is 32.2. The topological polar surface area (TPSA) is 75.7 Å². The number of hydrogen-bond donors (Lipinski definition) is 1. The van der Waals surface area contributed by atoms with Crippen LogP contribution >= 0.6 is 0 Å². The Morgan fingerprint density at radius 2 is 2.05 bits per heavy atom. The van der Waals surface area contributed by atoms with E-state index >= 15 is 0 Å². The van der Waals surface area contributed by atoms with Crippen LogP contribution in [0.2, 0.25) is 0 Å². The van der Waals surface area contributed by atoms with Crippen molar-refractivity contribution in [1.82, 2.24) is 4.31 Å². The molecule has 0 bridgehead atoms. The molecular formula is C13H18N2O4S. The van der Waals surface area contributed by atoms with Crippen LogP contribution < -0.4 is 5.32 Å². The third-order valence-corrected chi connectivity index (χ3v) is 4.99. The number of carbonyl (C=O) groups excluding carboxylic acids is 1. The predicted octanol–water partition coefficient (Wildman–Crippen LogP) is 1.06. The largest absolute Gasteiger partial charge is 0.375 e. The lowest BCUT2D eigenvalue weighted by Crippen LogP contribution is -2.28. The van der Waals surface area contributed by atoms with Gasteiger partial charge in [-0.15, -0.1) is 0 Å². The average molecular weight is 298 g/mol. The number of nitrogens with one attached hydrogen (secondary N) is 1. The Hall–Kier alpha value is -1.44.